The van der Waals surface area contributed by atoms with Gasteiger partial charge in [-0.15, -0.1) is 0 Å². The Bertz CT molecular complexity index is 1040. The number of nitrogens with one attached hydrogen (secondary N) is 1. The van der Waals surface area contributed by atoms with E-state index in [4.69, 9.17) is 0 Å². The minimum Gasteiger partial charge on any atom is -0.350 e. The van der Waals surface area contributed by atoms with E-state index in [9.17, 15) is 9.59 Å². The first-order valence-corrected chi connectivity index (χ1v) is 8.48. The smallest absolute Gasteiger partial charge is 0.293 e. The average Bonchev–Trinajstić information content (AvgIpc) is 2.95. The van der Waals surface area contributed by atoms with Crippen LogP contribution >= 0.6 is 0 Å². The number of carbonyl (C=O) groups excluding carboxylic acids is 1. The van der Waals surface area contributed by atoms with Crippen LogP contribution in [0.15, 0.2) is 35.4 Å². The van der Waals surface area contributed by atoms with Gasteiger partial charge in [-0.05, 0) is 52.3 Å². The maximum Gasteiger partial charge on any atom is 0.293 e. The molecule has 7 heteroatoms. The van der Waals surface area contributed by atoms with Crippen LogP contribution in [0.1, 0.15) is 31.9 Å². The first kappa shape index (κ1) is 17.8. The van der Waals surface area contributed by atoms with Gasteiger partial charge in [-0.25, -0.2) is 9.20 Å². The zero-order chi connectivity index (χ0) is 19.1. The number of rotatable bonds is 3. The molecule has 3 aromatic rings. The van der Waals surface area contributed by atoms with Crippen LogP contribution < -0.4 is 10.9 Å². The van der Waals surface area contributed by atoms with Gasteiger partial charge in [0.25, 0.3) is 5.56 Å². The number of aryl methyl sites for hydroxylation is 2. The number of hydrogen-bond acceptors (Lipinski definition) is 4. The van der Waals surface area contributed by atoms with Crippen LogP contribution in [0.3, 0.4) is 0 Å². The molecule has 0 atom stereocenters. The molecule has 0 fully saturated rings. The van der Waals surface area contributed by atoms with E-state index >= 15 is 0 Å². The molecule has 0 aliphatic carbocycles. The Morgan fingerprint density at radius 3 is 2.62 bits per heavy atom. The number of hydrogen-bond donors (Lipinski definition) is 1. The minimum atomic E-state index is -0.364. The summed E-state index contributed by atoms with van der Waals surface area (Å²) >= 11 is 0. The highest BCUT2D eigenvalue weighted by Crippen LogP contribution is 2.23. The highest BCUT2D eigenvalue weighted by Gasteiger charge is 2.17. The van der Waals surface area contributed by atoms with E-state index in [0.717, 1.165) is 21.4 Å². The van der Waals surface area contributed by atoms with Crippen molar-refractivity contribution in [2.75, 3.05) is 0 Å². The number of nitrogens with zero attached hydrogens (tertiary/aromatic N) is 4. The highest BCUT2D eigenvalue weighted by atomic mass is 16.2. The fourth-order valence-electron chi connectivity index (χ4n) is 2.79. The van der Waals surface area contributed by atoms with Gasteiger partial charge in [0.15, 0.2) is 0 Å². The van der Waals surface area contributed by atoms with Crippen molar-refractivity contribution in [2.24, 2.45) is 0 Å². The number of amides is 1. The van der Waals surface area contributed by atoms with Crippen LogP contribution in [0.5, 0.6) is 0 Å². The van der Waals surface area contributed by atoms with Gasteiger partial charge in [0.05, 0.1) is 5.69 Å². The van der Waals surface area contributed by atoms with E-state index in [0.29, 0.717) is 11.2 Å². The number of fused-ring (bicyclic) bond motifs is 1. The summed E-state index contributed by atoms with van der Waals surface area (Å²) < 4.78 is 2.61. The summed E-state index contributed by atoms with van der Waals surface area (Å²) in [4.78, 5) is 24.8. The molecule has 26 heavy (non-hydrogen) atoms. The van der Waals surface area contributed by atoms with E-state index < -0.39 is 0 Å². The van der Waals surface area contributed by atoms with E-state index in [1.165, 1.54) is 10.8 Å². The number of carbonyl (C=O) groups is 1. The van der Waals surface area contributed by atoms with Gasteiger partial charge in [0, 0.05) is 11.1 Å². The third-order valence-corrected chi connectivity index (χ3v) is 3.97. The van der Waals surface area contributed by atoms with E-state index in [1.807, 2.05) is 52.8 Å². The van der Waals surface area contributed by atoms with Gasteiger partial charge in [0.2, 0.25) is 5.91 Å². The lowest BCUT2D eigenvalue weighted by atomic mass is 10.0. The van der Waals surface area contributed by atoms with E-state index in [2.05, 4.69) is 15.5 Å². The number of benzene rings is 1. The van der Waals surface area contributed by atoms with Crippen molar-refractivity contribution in [3.8, 4) is 11.3 Å². The third-order valence-electron chi connectivity index (χ3n) is 3.97. The first-order chi connectivity index (χ1) is 12.1. The molecule has 7 nitrogen and oxygen atoms in total. The summed E-state index contributed by atoms with van der Waals surface area (Å²) in [5.74, 6) is -0.259. The van der Waals surface area contributed by atoms with Crippen LogP contribution in [-0.2, 0) is 11.3 Å². The Labute approximate surface area is 151 Å². The predicted octanol–water partition coefficient (Wildman–Crippen LogP) is 2.09. The maximum atomic E-state index is 12.7. The lowest BCUT2D eigenvalue weighted by Gasteiger charge is -2.20. The molecule has 0 saturated carbocycles. The van der Waals surface area contributed by atoms with Crippen molar-refractivity contribution in [2.45, 2.75) is 46.7 Å². The van der Waals surface area contributed by atoms with Crippen LogP contribution in [0, 0.1) is 13.8 Å². The molecular formula is C19H23N5O2. The molecule has 0 unspecified atom stereocenters. The lowest BCUT2D eigenvalue weighted by molar-refractivity contribution is -0.123. The minimum absolute atomic E-state index is 0.128. The molecule has 1 aromatic carbocycles. The molecule has 0 spiro atoms. The van der Waals surface area contributed by atoms with Gasteiger partial charge in [-0.1, -0.05) is 17.7 Å². The SMILES string of the molecule is Cc1ccc(C)c(-c2cc3c(=O)n(CC(=O)NC(C)(C)C)ncn3n2)c1. The molecule has 2 aromatic heterocycles. The van der Waals surface area contributed by atoms with Crippen molar-refractivity contribution < 1.29 is 4.79 Å². The van der Waals surface area contributed by atoms with Crippen LogP contribution in [0.25, 0.3) is 16.8 Å². The molecule has 0 aliphatic rings. The van der Waals surface area contributed by atoms with Gasteiger partial charge < -0.3 is 5.32 Å². The molecule has 1 amide bonds. The van der Waals surface area contributed by atoms with Gasteiger partial charge in [-0.3, -0.25) is 9.59 Å². The molecule has 136 valence electrons. The van der Waals surface area contributed by atoms with Gasteiger partial charge >= 0.3 is 0 Å². The third kappa shape index (κ3) is 3.66. The molecule has 0 bridgehead atoms. The zero-order valence-electron chi connectivity index (χ0n) is 15.7. The van der Waals surface area contributed by atoms with Crippen molar-refractivity contribution >= 4 is 11.4 Å². The quantitative estimate of drug-likeness (QED) is 0.782. The second-order valence-corrected chi connectivity index (χ2v) is 7.57. The summed E-state index contributed by atoms with van der Waals surface area (Å²) in [5, 5.41) is 11.4. The van der Waals surface area contributed by atoms with Crippen LogP contribution in [0.2, 0.25) is 0 Å². The summed E-state index contributed by atoms with van der Waals surface area (Å²) in [5.41, 5.74) is 3.57. The summed E-state index contributed by atoms with van der Waals surface area (Å²) in [6.07, 6.45) is 1.45. The van der Waals surface area contributed by atoms with Crippen molar-refractivity contribution in [3.05, 3.63) is 52.1 Å². The van der Waals surface area contributed by atoms with Crippen molar-refractivity contribution in [1.29, 1.82) is 0 Å². The first-order valence-electron chi connectivity index (χ1n) is 8.48. The second-order valence-electron chi connectivity index (χ2n) is 7.57. The van der Waals surface area contributed by atoms with Crippen molar-refractivity contribution in [1.82, 2.24) is 24.7 Å². The fraction of sp³-hybridized carbons (Fsp3) is 0.368. The summed E-state index contributed by atoms with van der Waals surface area (Å²) in [6.45, 7) is 9.55. The monoisotopic (exact) mass is 353 g/mol. The normalized spacial score (nSPS) is 11.7. The lowest BCUT2D eigenvalue weighted by Crippen LogP contribution is -2.44. The van der Waals surface area contributed by atoms with E-state index in [1.54, 1.807) is 6.07 Å². The maximum absolute atomic E-state index is 12.7. The van der Waals surface area contributed by atoms with Gasteiger partial charge in [0.1, 0.15) is 18.4 Å². The molecule has 3 rings (SSSR count). The Morgan fingerprint density at radius 1 is 1.19 bits per heavy atom. The summed E-state index contributed by atoms with van der Waals surface area (Å²) in [7, 11) is 0. The largest absolute Gasteiger partial charge is 0.350 e. The van der Waals surface area contributed by atoms with Crippen LogP contribution in [-0.4, -0.2) is 30.8 Å². The Hall–Kier alpha value is -2.96. The zero-order valence-corrected chi connectivity index (χ0v) is 15.7. The standard InChI is InChI=1S/C19H23N5O2/c1-12-6-7-13(2)14(8-12)15-9-16-18(26)23(20-11-24(16)22-15)10-17(25)21-19(3,4)5/h6-9,11H,10H2,1-5H3,(H,21,25). The molecule has 0 aliphatic heterocycles. The summed E-state index contributed by atoms with van der Waals surface area (Å²) in [6, 6.07) is 7.85. The second kappa shape index (κ2) is 6.40. The molecular weight excluding hydrogens is 330 g/mol. The predicted molar refractivity (Wildman–Crippen MR) is 100 cm³/mol. The molecule has 0 saturated heterocycles. The van der Waals surface area contributed by atoms with Crippen molar-refractivity contribution in [3.63, 3.8) is 0 Å². The highest BCUT2D eigenvalue weighted by molar-refractivity contribution is 5.76. The fourth-order valence-corrected chi connectivity index (χ4v) is 2.79. The Kier molecular flexibility index (Phi) is 4.39. The van der Waals surface area contributed by atoms with E-state index in [-0.39, 0.29) is 23.6 Å². The molecule has 0 radical (unpaired) electrons. The van der Waals surface area contributed by atoms with Crippen LogP contribution in [0.4, 0.5) is 0 Å². The number of aromatic nitrogens is 4. The Balaban J connectivity index is 1.99. The molecule has 2 heterocycles. The Morgan fingerprint density at radius 2 is 1.92 bits per heavy atom. The molecule has 1 N–H and O–H groups in total. The van der Waals surface area contributed by atoms with Gasteiger partial charge in [-0.2, -0.15) is 10.2 Å². The topological polar surface area (TPSA) is 81.3 Å². The average molecular weight is 353 g/mol.